The second-order valence-electron chi connectivity index (χ2n) is 4.73. The summed E-state index contributed by atoms with van der Waals surface area (Å²) >= 11 is 0. The number of aliphatic hydroxyl groups excluding tert-OH is 1. The van der Waals surface area contributed by atoms with Crippen molar-refractivity contribution in [1.29, 1.82) is 0 Å². The lowest BCUT2D eigenvalue weighted by Gasteiger charge is -2.19. The maximum Gasteiger partial charge on any atom is 0.221 e. The van der Waals surface area contributed by atoms with Gasteiger partial charge in [0.25, 0.3) is 0 Å². The molecule has 7 nitrogen and oxygen atoms in total. The summed E-state index contributed by atoms with van der Waals surface area (Å²) in [5.74, 6) is -0.147. The van der Waals surface area contributed by atoms with E-state index < -0.39 is 10.0 Å². The minimum absolute atomic E-state index is 0.0485. The quantitative estimate of drug-likeness (QED) is 0.554. The number of carbonyl (C=O) groups is 1. The second kappa shape index (κ2) is 7.96. The van der Waals surface area contributed by atoms with Crippen LogP contribution in [0.1, 0.15) is 13.3 Å². The van der Waals surface area contributed by atoms with Crippen LogP contribution in [0.2, 0.25) is 0 Å². The van der Waals surface area contributed by atoms with Gasteiger partial charge in [0, 0.05) is 37.5 Å². The molecule has 0 saturated carbocycles. The van der Waals surface area contributed by atoms with Gasteiger partial charge in [-0.25, -0.2) is 13.1 Å². The molecule has 118 valence electrons. The van der Waals surface area contributed by atoms with E-state index in [1.54, 1.807) is 24.3 Å². The zero-order valence-corrected chi connectivity index (χ0v) is 12.9. The van der Waals surface area contributed by atoms with Crippen molar-refractivity contribution in [2.24, 2.45) is 0 Å². The van der Waals surface area contributed by atoms with E-state index in [2.05, 4.69) is 15.4 Å². The Labute approximate surface area is 124 Å². The maximum absolute atomic E-state index is 11.1. The molecule has 1 unspecified atom stereocenters. The average molecular weight is 315 g/mol. The first-order valence-electron chi connectivity index (χ1n) is 6.50. The van der Waals surface area contributed by atoms with E-state index >= 15 is 0 Å². The van der Waals surface area contributed by atoms with Crippen molar-refractivity contribution in [3.8, 4) is 0 Å². The van der Waals surface area contributed by atoms with Gasteiger partial charge in [0.1, 0.15) is 0 Å². The summed E-state index contributed by atoms with van der Waals surface area (Å²) in [5.41, 5.74) is 1.46. The third-order valence-corrected chi connectivity index (χ3v) is 3.34. The van der Waals surface area contributed by atoms with Gasteiger partial charge in [-0.15, -0.1) is 0 Å². The summed E-state index contributed by atoms with van der Waals surface area (Å²) < 4.78 is 24.6. The zero-order chi connectivity index (χ0) is 15.9. The molecule has 0 fully saturated rings. The number of amides is 1. The molecule has 0 spiro atoms. The Morgan fingerprint density at radius 3 is 2.29 bits per heavy atom. The SMILES string of the molecule is CC(=O)Nc1ccc(NC(CCO)CNS(C)(=O)=O)cc1. The molecular formula is C13H21N3O4S. The van der Waals surface area contributed by atoms with E-state index in [0.717, 1.165) is 11.9 Å². The third-order valence-electron chi connectivity index (χ3n) is 2.65. The highest BCUT2D eigenvalue weighted by atomic mass is 32.2. The molecule has 1 atom stereocenters. The summed E-state index contributed by atoms with van der Waals surface area (Å²) in [5, 5.41) is 14.8. The smallest absolute Gasteiger partial charge is 0.221 e. The molecule has 0 aromatic heterocycles. The molecule has 0 aliphatic carbocycles. The normalized spacial score (nSPS) is 12.7. The Hall–Kier alpha value is -1.64. The molecule has 0 bridgehead atoms. The lowest BCUT2D eigenvalue weighted by molar-refractivity contribution is -0.114. The highest BCUT2D eigenvalue weighted by Crippen LogP contribution is 2.15. The van der Waals surface area contributed by atoms with Crippen molar-refractivity contribution in [1.82, 2.24) is 4.72 Å². The van der Waals surface area contributed by atoms with Gasteiger partial charge in [-0.3, -0.25) is 4.79 Å². The van der Waals surface area contributed by atoms with E-state index in [9.17, 15) is 13.2 Å². The fourth-order valence-corrected chi connectivity index (χ4v) is 2.23. The van der Waals surface area contributed by atoms with Crippen LogP contribution >= 0.6 is 0 Å². The van der Waals surface area contributed by atoms with E-state index in [0.29, 0.717) is 12.1 Å². The number of benzene rings is 1. The fourth-order valence-electron chi connectivity index (χ4n) is 1.72. The number of hydrogen-bond donors (Lipinski definition) is 4. The van der Waals surface area contributed by atoms with Gasteiger partial charge in [0.05, 0.1) is 6.26 Å². The minimum atomic E-state index is -3.27. The standard InChI is InChI=1S/C13H21N3O4S/c1-10(18)15-11-3-5-12(6-4-11)16-13(7-8-17)9-14-21(2,19)20/h3-6,13-14,16-17H,7-9H2,1-2H3,(H,15,18). The highest BCUT2D eigenvalue weighted by molar-refractivity contribution is 7.88. The topological polar surface area (TPSA) is 108 Å². The van der Waals surface area contributed by atoms with Gasteiger partial charge in [0.2, 0.25) is 15.9 Å². The fraction of sp³-hybridized carbons (Fsp3) is 0.462. The third kappa shape index (κ3) is 7.64. The van der Waals surface area contributed by atoms with Crippen molar-refractivity contribution in [2.45, 2.75) is 19.4 Å². The largest absolute Gasteiger partial charge is 0.396 e. The monoisotopic (exact) mass is 315 g/mol. The van der Waals surface area contributed by atoms with Gasteiger partial charge in [-0.2, -0.15) is 0 Å². The predicted molar refractivity (Wildman–Crippen MR) is 82.7 cm³/mol. The molecule has 4 N–H and O–H groups in total. The molecule has 0 radical (unpaired) electrons. The van der Waals surface area contributed by atoms with Gasteiger partial charge in [0.15, 0.2) is 0 Å². The summed E-state index contributed by atoms with van der Waals surface area (Å²) in [6.45, 7) is 1.57. The number of rotatable bonds is 8. The average Bonchev–Trinajstić information content (AvgIpc) is 2.37. The molecule has 1 rings (SSSR count). The van der Waals surface area contributed by atoms with Crippen LogP contribution in [0.25, 0.3) is 0 Å². The van der Waals surface area contributed by atoms with Crippen molar-refractivity contribution < 1.29 is 18.3 Å². The summed E-state index contributed by atoms with van der Waals surface area (Å²) in [7, 11) is -3.27. The predicted octanol–water partition coefficient (Wildman–Crippen LogP) is 0.357. The Morgan fingerprint density at radius 1 is 1.24 bits per heavy atom. The molecule has 0 heterocycles. The van der Waals surface area contributed by atoms with Gasteiger partial charge in [-0.05, 0) is 30.7 Å². The van der Waals surface area contributed by atoms with Gasteiger partial charge >= 0.3 is 0 Å². The first-order chi connectivity index (χ1) is 9.80. The summed E-state index contributed by atoms with van der Waals surface area (Å²) in [4.78, 5) is 10.9. The Balaban J connectivity index is 2.63. The molecule has 1 amide bonds. The van der Waals surface area contributed by atoms with E-state index in [-0.39, 0.29) is 25.1 Å². The lowest BCUT2D eigenvalue weighted by atomic mass is 10.2. The van der Waals surface area contributed by atoms with Crippen LogP contribution in [-0.2, 0) is 14.8 Å². The lowest BCUT2D eigenvalue weighted by Crippen LogP contribution is -2.36. The summed E-state index contributed by atoms with van der Waals surface area (Å²) in [6.07, 6.45) is 1.50. The van der Waals surface area contributed by atoms with Crippen LogP contribution in [0, 0.1) is 0 Å². The van der Waals surface area contributed by atoms with Crippen LogP contribution in [0.4, 0.5) is 11.4 Å². The number of nitrogens with one attached hydrogen (secondary N) is 3. The van der Waals surface area contributed by atoms with Gasteiger partial charge < -0.3 is 15.7 Å². The molecule has 8 heteroatoms. The number of hydrogen-bond acceptors (Lipinski definition) is 5. The van der Waals surface area contributed by atoms with Crippen molar-refractivity contribution >= 4 is 27.3 Å². The van der Waals surface area contributed by atoms with Crippen LogP contribution in [-0.4, -0.2) is 44.9 Å². The molecule has 1 aromatic carbocycles. The molecule has 1 aromatic rings. The molecule has 0 aliphatic rings. The Bertz CT molecular complexity index is 557. The first kappa shape index (κ1) is 17.4. The first-order valence-corrected chi connectivity index (χ1v) is 8.39. The van der Waals surface area contributed by atoms with Crippen LogP contribution in [0.5, 0.6) is 0 Å². The Morgan fingerprint density at radius 2 is 1.81 bits per heavy atom. The summed E-state index contributed by atoms with van der Waals surface area (Å²) in [6, 6.07) is 6.80. The number of sulfonamides is 1. The van der Waals surface area contributed by atoms with E-state index in [4.69, 9.17) is 5.11 Å². The Kier molecular flexibility index (Phi) is 6.60. The number of anilines is 2. The van der Waals surface area contributed by atoms with Crippen LogP contribution < -0.4 is 15.4 Å². The van der Waals surface area contributed by atoms with Crippen LogP contribution in [0.3, 0.4) is 0 Å². The number of aliphatic hydroxyl groups is 1. The van der Waals surface area contributed by atoms with E-state index in [1.165, 1.54) is 6.92 Å². The maximum atomic E-state index is 11.1. The second-order valence-corrected chi connectivity index (χ2v) is 6.57. The van der Waals surface area contributed by atoms with Crippen molar-refractivity contribution in [2.75, 3.05) is 30.0 Å². The molecule has 0 saturated heterocycles. The van der Waals surface area contributed by atoms with Crippen molar-refractivity contribution in [3.63, 3.8) is 0 Å². The zero-order valence-electron chi connectivity index (χ0n) is 12.1. The highest BCUT2D eigenvalue weighted by Gasteiger charge is 2.11. The molecule has 21 heavy (non-hydrogen) atoms. The van der Waals surface area contributed by atoms with Crippen molar-refractivity contribution in [3.05, 3.63) is 24.3 Å². The molecular weight excluding hydrogens is 294 g/mol. The van der Waals surface area contributed by atoms with Crippen LogP contribution in [0.15, 0.2) is 24.3 Å². The minimum Gasteiger partial charge on any atom is -0.396 e. The molecule has 0 aliphatic heterocycles. The van der Waals surface area contributed by atoms with Gasteiger partial charge in [-0.1, -0.05) is 0 Å². The number of carbonyl (C=O) groups excluding carboxylic acids is 1. The van der Waals surface area contributed by atoms with E-state index in [1.807, 2.05) is 0 Å².